The standard InChI is InChI=1S/C22H30N6OS/c1-15-8-9-20(29-5)19(13-15)16(2)25-22(23-11-10-18-7-6-12-30-18)24-14-21-27-26-17(3)28(21)4/h6-9,12-13,16H,10-11,14H2,1-5H3,(H2,23,24,25). The fourth-order valence-electron chi connectivity index (χ4n) is 3.12. The molecule has 160 valence electrons. The maximum Gasteiger partial charge on any atom is 0.192 e. The molecular formula is C22H30N6OS. The van der Waals surface area contributed by atoms with Crippen molar-refractivity contribution >= 4 is 17.3 Å². The van der Waals surface area contributed by atoms with Gasteiger partial charge in [-0.25, -0.2) is 4.99 Å². The Morgan fingerprint density at radius 2 is 2.10 bits per heavy atom. The monoisotopic (exact) mass is 426 g/mol. The minimum atomic E-state index is 0.0223. The molecule has 8 heteroatoms. The predicted octanol–water partition coefficient (Wildman–Crippen LogP) is 3.54. The zero-order valence-corrected chi connectivity index (χ0v) is 19.1. The summed E-state index contributed by atoms with van der Waals surface area (Å²) in [5.41, 5.74) is 2.29. The summed E-state index contributed by atoms with van der Waals surface area (Å²) in [7, 11) is 3.66. The summed E-state index contributed by atoms with van der Waals surface area (Å²) in [5, 5.41) is 17.4. The van der Waals surface area contributed by atoms with E-state index < -0.39 is 0 Å². The molecule has 7 nitrogen and oxygen atoms in total. The first-order valence-electron chi connectivity index (χ1n) is 10.0. The smallest absolute Gasteiger partial charge is 0.192 e. The number of aryl methyl sites for hydroxylation is 2. The van der Waals surface area contributed by atoms with E-state index in [1.54, 1.807) is 18.4 Å². The molecule has 0 aliphatic heterocycles. The maximum atomic E-state index is 5.56. The third kappa shape index (κ3) is 5.60. The van der Waals surface area contributed by atoms with Gasteiger partial charge in [-0.2, -0.15) is 0 Å². The fraction of sp³-hybridized carbons (Fsp3) is 0.409. The van der Waals surface area contributed by atoms with E-state index in [4.69, 9.17) is 9.73 Å². The molecule has 1 aromatic carbocycles. The first-order valence-corrected chi connectivity index (χ1v) is 10.9. The maximum absolute atomic E-state index is 5.56. The molecule has 2 heterocycles. The van der Waals surface area contributed by atoms with E-state index >= 15 is 0 Å². The molecule has 0 amide bonds. The molecule has 0 radical (unpaired) electrons. The van der Waals surface area contributed by atoms with Crippen molar-refractivity contribution in [2.75, 3.05) is 13.7 Å². The van der Waals surface area contributed by atoms with Crippen LogP contribution in [0, 0.1) is 13.8 Å². The van der Waals surface area contributed by atoms with E-state index in [2.05, 4.69) is 64.3 Å². The van der Waals surface area contributed by atoms with Gasteiger partial charge >= 0.3 is 0 Å². The van der Waals surface area contributed by atoms with Crippen LogP contribution in [0.15, 0.2) is 40.7 Å². The van der Waals surface area contributed by atoms with Crippen LogP contribution in [-0.4, -0.2) is 34.4 Å². The van der Waals surface area contributed by atoms with Gasteiger partial charge in [-0.15, -0.1) is 21.5 Å². The van der Waals surface area contributed by atoms with Crippen LogP contribution in [0.5, 0.6) is 5.75 Å². The average molecular weight is 427 g/mol. The lowest BCUT2D eigenvalue weighted by molar-refractivity contribution is 0.405. The zero-order chi connectivity index (χ0) is 21.5. The Kier molecular flexibility index (Phi) is 7.46. The molecule has 0 saturated heterocycles. The number of aliphatic imine (C=N–C) groups is 1. The number of hydrogen-bond acceptors (Lipinski definition) is 5. The van der Waals surface area contributed by atoms with Gasteiger partial charge in [0, 0.05) is 24.0 Å². The summed E-state index contributed by atoms with van der Waals surface area (Å²) in [6.07, 6.45) is 0.948. The minimum absolute atomic E-state index is 0.0223. The lowest BCUT2D eigenvalue weighted by atomic mass is 10.0. The van der Waals surface area contributed by atoms with Gasteiger partial charge in [0.1, 0.15) is 18.1 Å². The number of aromatic nitrogens is 3. The summed E-state index contributed by atoms with van der Waals surface area (Å²) >= 11 is 1.77. The van der Waals surface area contributed by atoms with Crippen molar-refractivity contribution in [3.63, 3.8) is 0 Å². The molecule has 0 spiro atoms. The van der Waals surface area contributed by atoms with Gasteiger partial charge in [0.05, 0.1) is 13.2 Å². The van der Waals surface area contributed by atoms with E-state index in [1.165, 1.54) is 10.4 Å². The van der Waals surface area contributed by atoms with Crippen LogP contribution in [0.3, 0.4) is 0 Å². The number of nitrogens with zero attached hydrogens (tertiary/aromatic N) is 4. The normalized spacial score (nSPS) is 12.6. The highest BCUT2D eigenvalue weighted by Gasteiger charge is 2.14. The van der Waals surface area contributed by atoms with Gasteiger partial charge in [0.25, 0.3) is 0 Å². The summed E-state index contributed by atoms with van der Waals surface area (Å²) in [4.78, 5) is 6.11. The number of benzene rings is 1. The summed E-state index contributed by atoms with van der Waals surface area (Å²) in [6.45, 7) is 7.37. The third-order valence-corrected chi connectivity index (χ3v) is 5.95. The molecule has 3 rings (SSSR count). The Morgan fingerprint density at radius 3 is 2.77 bits per heavy atom. The van der Waals surface area contributed by atoms with Crippen molar-refractivity contribution in [1.29, 1.82) is 0 Å². The first-order chi connectivity index (χ1) is 14.5. The lowest BCUT2D eigenvalue weighted by Gasteiger charge is -2.21. The second-order valence-corrected chi connectivity index (χ2v) is 8.29. The summed E-state index contributed by atoms with van der Waals surface area (Å²) in [6, 6.07) is 10.5. The molecule has 3 aromatic rings. The van der Waals surface area contributed by atoms with E-state index in [0.717, 1.165) is 41.9 Å². The number of nitrogens with one attached hydrogen (secondary N) is 2. The Morgan fingerprint density at radius 1 is 1.27 bits per heavy atom. The van der Waals surface area contributed by atoms with Crippen molar-refractivity contribution in [1.82, 2.24) is 25.4 Å². The topological polar surface area (TPSA) is 76.4 Å². The first kappa shape index (κ1) is 21.8. The quantitative estimate of drug-likeness (QED) is 0.426. The second-order valence-electron chi connectivity index (χ2n) is 7.25. The number of rotatable bonds is 8. The largest absolute Gasteiger partial charge is 0.496 e. The minimum Gasteiger partial charge on any atom is -0.496 e. The number of hydrogen-bond donors (Lipinski definition) is 2. The molecule has 0 bridgehead atoms. The summed E-state index contributed by atoms with van der Waals surface area (Å²) in [5.74, 6) is 3.30. The Hall–Kier alpha value is -2.87. The van der Waals surface area contributed by atoms with Gasteiger partial charge in [-0.05, 0) is 44.7 Å². The molecule has 2 aromatic heterocycles. The molecule has 1 unspecified atom stereocenters. The third-order valence-electron chi connectivity index (χ3n) is 5.01. The Labute approximate surface area is 182 Å². The van der Waals surface area contributed by atoms with Crippen LogP contribution in [0.25, 0.3) is 0 Å². The number of methoxy groups -OCH3 is 1. The van der Waals surface area contributed by atoms with Crippen LogP contribution in [0.1, 0.15) is 40.6 Å². The predicted molar refractivity (Wildman–Crippen MR) is 122 cm³/mol. The molecule has 1 atom stereocenters. The van der Waals surface area contributed by atoms with Crippen molar-refractivity contribution < 1.29 is 4.74 Å². The number of thiophene rings is 1. The highest BCUT2D eigenvalue weighted by molar-refractivity contribution is 7.09. The molecule has 0 aliphatic carbocycles. The zero-order valence-electron chi connectivity index (χ0n) is 18.3. The Bertz CT molecular complexity index is 980. The van der Waals surface area contributed by atoms with Crippen LogP contribution >= 0.6 is 11.3 Å². The molecular weight excluding hydrogens is 396 g/mol. The van der Waals surface area contributed by atoms with Gasteiger partial charge in [-0.3, -0.25) is 0 Å². The van der Waals surface area contributed by atoms with E-state index in [1.807, 2.05) is 24.6 Å². The molecule has 2 N–H and O–H groups in total. The van der Waals surface area contributed by atoms with Crippen LogP contribution in [0.4, 0.5) is 0 Å². The fourth-order valence-corrected chi connectivity index (χ4v) is 3.83. The number of guanidine groups is 1. The second kappa shape index (κ2) is 10.2. The lowest BCUT2D eigenvalue weighted by Crippen LogP contribution is -2.40. The van der Waals surface area contributed by atoms with Gasteiger partial charge in [-0.1, -0.05) is 23.8 Å². The SMILES string of the molecule is COc1ccc(C)cc1C(C)NC(=NCc1nnc(C)n1C)NCCc1cccs1. The average Bonchev–Trinajstić information content (AvgIpc) is 3.36. The van der Waals surface area contributed by atoms with Crippen LogP contribution in [-0.2, 0) is 20.0 Å². The Balaban J connectivity index is 1.74. The highest BCUT2D eigenvalue weighted by Crippen LogP contribution is 2.26. The van der Waals surface area contributed by atoms with Gasteiger partial charge in [0.2, 0.25) is 0 Å². The molecule has 0 fully saturated rings. The van der Waals surface area contributed by atoms with Gasteiger partial charge in [0.15, 0.2) is 11.8 Å². The van der Waals surface area contributed by atoms with Crippen molar-refractivity contribution in [2.45, 2.75) is 39.8 Å². The van der Waals surface area contributed by atoms with E-state index in [9.17, 15) is 0 Å². The van der Waals surface area contributed by atoms with Gasteiger partial charge < -0.3 is 19.9 Å². The summed E-state index contributed by atoms with van der Waals surface area (Å²) < 4.78 is 7.52. The molecule has 30 heavy (non-hydrogen) atoms. The van der Waals surface area contributed by atoms with E-state index in [0.29, 0.717) is 6.54 Å². The van der Waals surface area contributed by atoms with E-state index in [-0.39, 0.29) is 6.04 Å². The number of ether oxygens (including phenoxy) is 1. The van der Waals surface area contributed by atoms with Crippen molar-refractivity contribution in [2.24, 2.45) is 12.0 Å². The van der Waals surface area contributed by atoms with Crippen molar-refractivity contribution in [3.8, 4) is 5.75 Å². The van der Waals surface area contributed by atoms with Crippen LogP contribution in [0.2, 0.25) is 0 Å². The highest BCUT2D eigenvalue weighted by atomic mass is 32.1. The molecule has 0 saturated carbocycles. The molecule has 0 aliphatic rings. The van der Waals surface area contributed by atoms with Crippen LogP contribution < -0.4 is 15.4 Å². The van der Waals surface area contributed by atoms with Crippen molar-refractivity contribution in [3.05, 3.63) is 63.4 Å².